The molecule has 2 aromatic rings. The van der Waals surface area contributed by atoms with Crippen LogP contribution < -0.4 is 4.74 Å². The first-order chi connectivity index (χ1) is 10.5. The summed E-state index contributed by atoms with van der Waals surface area (Å²) in [7, 11) is 0. The van der Waals surface area contributed by atoms with E-state index in [1.165, 1.54) is 12.1 Å². The van der Waals surface area contributed by atoms with Gasteiger partial charge in [0.05, 0.1) is 10.6 Å². The van der Waals surface area contributed by atoms with Crippen LogP contribution >= 0.6 is 11.6 Å². The maximum Gasteiger partial charge on any atom is 0.335 e. The number of Topliss-reactive ketones (excluding diaryl/α,β-unsaturated/α-hetero) is 1. The van der Waals surface area contributed by atoms with Crippen LogP contribution in [0.25, 0.3) is 0 Å². The Bertz CT molecular complexity index is 692. The quantitative estimate of drug-likeness (QED) is 0.810. The van der Waals surface area contributed by atoms with Crippen molar-refractivity contribution in [3.05, 3.63) is 64.2 Å². The zero-order chi connectivity index (χ0) is 16.1. The summed E-state index contributed by atoms with van der Waals surface area (Å²) in [5.41, 5.74) is 1.56. The Morgan fingerprint density at radius 1 is 1.14 bits per heavy atom. The van der Waals surface area contributed by atoms with Crippen LogP contribution in [0.15, 0.2) is 42.5 Å². The van der Waals surface area contributed by atoms with Gasteiger partial charge in [0, 0.05) is 12.0 Å². The number of ketones is 1. The highest BCUT2D eigenvalue weighted by molar-refractivity contribution is 6.34. The van der Waals surface area contributed by atoms with Crippen molar-refractivity contribution in [2.24, 2.45) is 0 Å². The molecule has 0 amide bonds. The van der Waals surface area contributed by atoms with E-state index in [1.54, 1.807) is 37.3 Å². The lowest BCUT2D eigenvalue weighted by Crippen LogP contribution is -2.00. The standard InChI is InChI=1S/C17H15ClO4/c1-2-16(19)14-8-7-13(9-15(14)18)22-10-11-3-5-12(6-4-11)17(20)21/h3-9H,2,10H2,1H3,(H,20,21). The number of carboxylic acid groups (broad SMARTS) is 1. The first-order valence-corrected chi connectivity index (χ1v) is 7.17. The second-order valence-electron chi connectivity index (χ2n) is 4.71. The maximum absolute atomic E-state index is 11.6. The average molecular weight is 319 g/mol. The first kappa shape index (κ1) is 16.0. The van der Waals surface area contributed by atoms with Crippen molar-refractivity contribution in [2.75, 3.05) is 0 Å². The predicted octanol–water partition coefficient (Wildman–Crippen LogP) is 4.21. The number of halogens is 1. The van der Waals surface area contributed by atoms with Crippen LogP contribution in [0.5, 0.6) is 5.75 Å². The molecule has 1 N–H and O–H groups in total. The van der Waals surface area contributed by atoms with Crippen molar-refractivity contribution in [2.45, 2.75) is 20.0 Å². The molecule has 0 fully saturated rings. The van der Waals surface area contributed by atoms with Gasteiger partial charge in [0.25, 0.3) is 0 Å². The molecule has 0 bridgehead atoms. The molecule has 0 unspecified atom stereocenters. The van der Waals surface area contributed by atoms with E-state index in [9.17, 15) is 9.59 Å². The van der Waals surface area contributed by atoms with E-state index in [2.05, 4.69) is 0 Å². The van der Waals surface area contributed by atoms with E-state index in [4.69, 9.17) is 21.4 Å². The Balaban J connectivity index is 2.04. The fourth-order valence-electron chi connectivity index (χ4n) is 1.91. The number of carbonyl (C=O) groups excluding carboxylic acids is 1. The molecule has 0 spiro atoms. The van der Waals surface area contributed by atoms with Crippen molar-refractivity contribution in [1.82, 2.24) is 0 Å². The molecule has 0 aliphatic rings. The highest BCUT2D eigenvalue weighted by Gasteiger charge is 2.09. The molecule has 2 rings (SSSR count). The highest BCUT2D eigenvalue weighted by atomic mass is 35.5. The second-order valence-corrected chi connectivity index (χ2v) is 5.12. The number of hydrogen-bond acceptors (Lipinski definition) is 3. The largest absolute Gasteiger partial charge is 0.489 e. The minimum Gasteiger partial charge on any atom is -0.489 e. The predicted molar refractivity (Wildman–Crippen MR) is 83.8 cm³/mol. The Morgan fingerprint density at radius 2 is 1.82 bits per heavy atom. The number of ether oxygens (including phenoxy) is 1. The number of carboxylic acids is 1. The van der Waals surface area contributed by atoms with Gasteiger partial charge in [-0.05, 0) is 35.9 Å². The van der Waals surface area contributed by atoms with E-state index in [-0.39, 0.29) is 18.0 Å². The lowest BCUT2D eigenvalue weighted by Gasteiger charge is -2.09. The van der Waals surface area contributed by atoms with Crippen molar-refractivity contribution < 1.29 is 19.4 Å². The summed E-state index contributed by atoms with van der Waals surface area (Å²) in [6, 6.07) is 11.4. The van der Waals surface area contributed by atoms with Gasteiger partial charge >= 0.3 is 5.97 Å². The Kier molecular flexibility index (Phi) is 5.17. The molecule has 22 heavy (non-hydrogen) atoms. The van der Waals surface area contributed by atoms with E-state index < -0.39 is 5.97 Å². The zero-order valence-corrected chi connectivity index (χ0v) is 12.8. The van der Waals surface area contributed by atoms with Crippen LogP contribution in [-0.4, -0.2) is 16.9 Å². The summed E-state index contributed by atoms with van der Waals surface area (Å²) in [4.78, 5) is 22.4. The van der Waals surface area contributed by atoms with Gasteiger partial charge in [0.1, 0.15) is 12.4 Å². The van der Waals surface area contributed by atoms with Gasteiger partial charge in [-0.15, -0.1) is 0 Å². The molecular formula is C17H15ClO4. The van der Waals surface area contributed by atoms with Gasteiger partial charge in [-0.2, -0.15) is 0 Å². The average Bonchev–Trinajstić information content (AvgIpc) is 2.52. The van der Waals surface area contributed by atoms with Gasteiger partial charge in [0.15, 0.2) is 5.78 Å². The summed E-state index contributed by atoms with van der Waals surface area (Å²) in [6.45, 7) is 2.07. The number of carbonyl (C=O) groups is 2. The molecular weight excluding hydrogens is 304 g/mol. The number of rotatable bonds is 6. The monoisotopic (exact) mass is 318 g/mol. The fourth-order valence-corrected chi connectivity index (χ4v) is 2.19. The minimum absolute atomic E-state index is 0.0131. The molecule has 5 heteroatoms. The van der Waals surface area contributed by atoms with Gasteiger partial charge in [-0.3, -0.25) is 4.79 Å². The van der Waals surface area contributed by atoms with Gasteiger partial charge in [-0.1, -0.05) is 30.7 Å². The van der Waals surface area contributed by atoms with Crippen molar-refractivity contribution in [1.29, 1.82) is 0 Å². The SMILES string of the molecule is CCC(=O)c1ccc(OCc2ccc(C(=O)O)cc2)cc1Cl. The van der Waals surface area contributed by atoms with E-state index >= 15 is 0 Å². The minimum atomic E-state index is -0.963. The van der Waals surface area contributed by atoms with Crippen LogP contribution in [0.2, 0.25) is 5.02 Å². The molecule has 0 radical (unpaired) electrons. The molecule has 0 aliphatic carbocycles. The fraction of sp³-hybridized carbons (Fsp3) is 0.176. The Labute approximate surface area is 133 Å². The summed E-state index contributed by atoms with van der Waals surface area (Å²) >= 11 is 6.07. The second kappa shape index (κ2) is 7.09. The molecule has 2 aromatic carbocycles. The Hall–Kier alpha value is -2.33. The van der Waals surface area contributed by atoms with E-state index in [0.717, 1.165) is 5.56 Å². The maximum atomic E-state index is 11.6. The van der Waals surface area contributed by atoms with E-state index in [1.807, 2.05) is 0 Å². The van der Waals surface area contributed by atoms with Gasteiger partial charge < -0.3 is 9.84 Å². The van der Waals surface area contributed by atoms with Crippen molar-refractivity contribution >= 4 is 23.4 Å². The summed E-state index contributed by atoms with van der Waals surface area (Å²) < 4.78 is 5.60. The van der Waals surface area contributed by atoms with Crippen LogP contribution in [0.1, 0.15) is 39.6 Å². The Morgan fingerprint density at radius 3 is 2.36 bits per heavy atom. The lowest BCUT2D eigenvalue weighted by atomic mass is 10.1. The number of hydrogen-bond donors (Lipinski definition) is 1. The normalized spacial score (nSPS) is 10.3. The first-order valence-electron chi connectivity index (χ1n) is 6.79. The molecule has 0 heterocycles. The topological polar surface area (TPSA) is 63.6 Å². The summed E-state index contributed by atoms with van der Waals surface area (Å²) in [5.74, 6) is -0.420. The third-order valence-electron chi connectivity index (χ3n) is 3.17. The molecule has 114 valence electrons. The third kappa shape index (κ3) is 3.86. The summed E-state index contributed by atoms with van der Waals surface area (Å²) in [5, 5.41) is 9.20. The zero-order valence-electron chi connectivity index (χ0n) is 12.0. The van der Waals surface area contributed by atoms with E-state index in [0.29, 0.717) is 22.8 Å². The van der Waals surface area contributed by atoms with Gasteiger partial charge in [0.2, 0.25) is 0 Å². The third-order valence-corrected chi connectivity index (χ3v) is 3.48. The molecule has 0 aromatic heterocycles. The van der Waals surface area contributed by atoms with Crippen molar-refractivity contribution in [3.63, 3.8) is 0 Å². The molecule has 4 nitrogen and oxygen atoms in total. The molecule has 0 saturated carbocycles. The summed E-state index contributed by atoms with van der Waals surface area (Å²) in [6.07, 6.45) is 0.399. The number of aromatic carboxylic acids is 1. The van der Waals surface area contributed by atoms with Crippen LogP contribution in [0.4, 0.5) is 0 Å². The van der Waals surface area contributed by atoms with Gasteiger partial charge in [-0.25, -0.2) is 4.79 Å². The number of benzene rings is 2. The van der Waals surface area contributed by atoms with Crippen molar-refractivity contribution in [3.8, 4) is 5.75 Å². The lowest BCUT2D eigenvalue weighted by molar-refractivity contribution is 0.0696. The van der Waals surface area contributed by atoms with Crippen LogP contribution in [-0.2, 0) is 6.61 Å². The molecule has 0 atom stereocenters. The smallest absolute Gasteiger partial charge is 0.335 e. The highest BCUT2D eigenvalue weighted by Crippen LogP contribution is 2.24. The molecule has 0 aliphatic heterocycles. The van der Waals surface area contributed by atoms with Crippen LogP contribution in [0.3, 0.4) is 0 Å². The van der Waals surface area contributed by atoms with Crippen LogP contribution in [0, 0.1) is 0 Å². The molecule has 0 saturated heterocycles.